The Morgan fingerprint density at radius 3 is 2.75 bits per heavy atom. The first-order valence-electron chi connectivity index (χ1n) is 4.16. The fourth-order valence-corrected chi connectivity index (χ4v) is 1.26. The Morgan fingerprint density at radius 2 is 2.25 bits per heavy atom. The van der Waals surface area contributed by atoms with Gasteiger partial charge in [0, 0.05) is 4.83 Å². The van der Waals surface area contributed by atoms with Crippen LogP contribution in [0.25, 0.3) is 0 Å². The van der Waals surface area contributed by atoms with E-state index in [4.69, 9.17) is 4.74 Å². The lowest BCUT2D eigenvalue weighted by Gasteiger charge is -2.10. The summed E-state index contributed by atoms with van der Waals surface area (Å²) < 4.78 is 5.06. The van der Waals surface area contributed by atoms with Crippen LogP contribution in [0.1, 0.15) is 19.8 Å². The van der Waals surface area contributed by atoms with Crippen LogP contribution in [0.15, 0.2) is 12.2 Å². The Hall–Kier alpha value is -0.310. The Morgan fingerprint density at radius 1 is 1.67 bits per heavy atom. The molecule has 0 fully saturated rings. The molecule has 1 aliphatic carbocycles. The normalized spacial score (nSPS) is 19.5. The van der Waals surface area contributed by atoms with Gasteiger partial charge < -0.3 is 4.74 Å². The highest BCUT2D eigenvalue weighted by Crippen LogP contribution is 2.19. The maximum absolute atomic E-state index is 11.3. The zero-order valence-electron chi connectivity index (χ0n) is 7.13. The summed E-state index contributed by atoms with van der Waals surface area (Å²) in [5.74, 6) is 0.0162. The maximum atomic E-state index is 11.3. The van der Waals surface area contributed by atoms with E-state index in [9.17, 15) is 4.79 Å². The Kier molecular flexibility index (Phi) is 3.79. The van der Waals surface area contributed by atoms with Gasteiger partial charge >= 0.3 is 5.97 Å². The quantitative estimate of drug-likeness (QED) is 0.424. The van der Waals surface area contributed by atoms with E-state index < -0.39 is 0 Å². The molecule has 0 saturated carbocycles. The predicted octanol–water partition coefficient (Wildman–Crippen LogP) is 2.28. The van der Waals surface area contributed by atoms with Crippen LogP contribution in [0.3, 0.4) is 0 Å². The standard InChI is InChI=1S/C9H13BrO2/c1-7(10)6-12-9(11)8-4-2-3-5-8/h2-3,7-8H,4-6H2,1H3. The average molecular weight is 233 g/mol. The van der Waals surface area contributed by atoms with E-state index >= 15 is 0 Å². The van der Waals surface area contributed by atoms with Crippen molar-refractivity contribution < 1.29 is 9.53 Å². The zero-order chi connectivity index (χ0) is 8.97. The van der Waals surface area contributed by atoms with Crippen LogP contribution < -0.4 is 0 Å². The van der Waals surface area contributed by atoms with Crippen LogP contribution in [0.5, 0.6) is 0 Å². The largest absolute Gasteiger partial charge is 0.464 e. The first-order valence-corrected chi connectivity index (χ1v) is 5.07. The molecule has 0 radical (unpaired) electrons. The molecule has 0 aromatic rings. The highest BCUT2D eigenvalue weighted by atomic mass is 79.9. The smallest absolute Gasteiger partial charge is 0.309 e. The van der Waals surface area contributed by atoms with Crippen molar-refractivity contribution in [2.45, 2.75) is 24.6 Å². The van der Waals surface area contributed by atoms with E-state index in [1.165, 1.54) is 0 Å². The van der Waals surface area contributed by atoms with Crippen molar-refractivity contribution in [3.63, 3.8) is 0 Å². The first-order chi connectivity index (χ1) is 5.70. The number of hydrogen-bond donors (Lipinski definition) is 0. The van der Waals surface area contributed by atoms with Crippen molar-refractivity contribution in [2.75, 3.05) is 6.61 Å². The molecule has 12 heavy (non-hydrogen) atoms. The lowest BCUT2D eigenvalue weighted by atomic mass is 10.1. The minimum Gasteiger partial charge on any atom is -0.464 e. The molecule has 0 saturated heterocycles. The Labute approximate surface area is 81.1 Å². The summed E-state index contributed by atoms with van der Waals surface area (Å²) in [6.45, 7) is 2.43. The van der Waals surface area contributed by atoms with Gasteiger partial charge in [0.05, 0.1) is 5.92 Å². The summed E-state index contributed by atoms with van der Waals surface area (Å²) in [5.41, 5.74) is 0. The van der Waals surface area contributed by atoms with Gasteiger partial charge in [0.1, 0.15) is 6.61 Å². The van der Waals surface area contributed by atoms with Gasteiger partial charge in [-0.05, 0) is 19.8 Å². The van der Waals surface area contributed by atoms with Crippen molar-refractivity contribution in [2.24, 2.45) is 5.92 Å². The van der Waals surface area contributed by atoms with E-state index in [2.05, 4.69) is 15.9 Å². The second kappa shape index (κ2) is 4.65. The summed E-state index contributed by atoms with van der Waals surface area (Å²) in [6.07, 6.45) is 5.75. The highest BCUT2D eigenvalue weighted by molar-refractivity contribution is 9.09. The molecular formula is C9H13BrO2. The molecule has 3 heteroatoms. The third-order valence-electron chi connectivity index (χ3n) is 1.80. The lowest BCUT2D eigenvalue weighted by molar-refractivity contribution is -0.147. The molecule has 0 spiro atoms. The molecule has 1 rings (SSSR count). The number of alkyl halides is 1. The van der Waals surface area contributed by atoms with Crippen molar-refractivity contribution in [3.8, 4) is 0 Å². The second-order valence-electron chi connectivity index (χ2n) is 3.05. The summed E-state index contributed by atoms with van der Waals surface area (Å²) in [7, 11) is 0. The van der Waals surface area contributed by atoms with Gasteiger partial charge in [0.15, 0.2) is 0 Å². The first kappa shape index (κ1) is 9.78. The van der Waals surface area contributed by atoms with E-state index in [0.717, 1.165) is 12.8 Å². The van der Waals surface area contributed by atoms with Gasteiger partial charge in [-0.15, -0.1) is 0 Å². The summed E-state index contributed by atoms with van der Waals surface area (Å²) in [6, 6.07) is 0. The molecule has 0 aromatic heterocycles. The van der Waals surface area contributed by atoms with Crippen molar-refractivity contribution >= 4 is 21.9 Å². The van der Waals surface area contributed by atoms with Crippen LogP contribution in [0.2, 0.25) is 0 Å². The molecule has 1 unspecified atom stereocenters. The molecule has 0 aromatic carbocycles. The predicted molar refractivity (Wildman–Crippen MR) is 51.2 cm³/mol. The summed E-state index contributed by atoms with van der Waals surface area (Å²) >= 11 is 3.32. The lowest BCUT2D eigenvalue weighted by Crippen LogP contribution is -2.18. The highest BCUT2D eigenvalue weighted by Gasteiger charge is 2.20. The average Bonchev–Trinajstić information content (AvgIpc) is 2.51. The van der Waals surface area contributed by atoms with Gasteiger partial charge in [-0.2, -0.15) is 0 Å². The molecule has 0 N–H and O–H groups in total. The molecule has 0 aliphatic heterocycles. The summed E-state index contributed by atoms with van der Waals surface area (Å²) in [5, 5.41) is 0. The SMILES string of the molecule is CC(Br)COC(=O)C1CC=CC1. The van der Waals surface area contributed by atoms with Gasteiger partial charge in [-0.1, -0.05) is 28.1 Å². The van der Waals surface area contributed by atoms with Crippen LogP contribution >= 0.6 is 15.9 Å². The minimum atomic E-state index is -0.0636. The van der Waals surface area contributed by atoms with Crippen molar-refractivity contribution in [1.82, 2.24) is 0 Å². The maximum Gasteiger partial charge on any atom is 0.309 e. The minimum absolute atomic E-state index is 0.0636. The van der Waals surface area contributed by atoms with Crippen molar-refractivity contribution in [3.05, 3.63) is 12.2 Å². The van der Waals surface area contributed by atoms with Crippen LogP contribution in [-0.4, -0.2) is 17.4 Å². The number of esters is 1. The van der Waals surface area contributed by atoms with Crippen LogP contribution in [0.4, 0.5) is 0 Å². The zero-order valence-corrected chi connectivity index (χ0v) is 8.71. The molecule has 0 bridgehead atoms. The molecule has 0 amide bonds. The van der Waals surface area contributed by atoms with Gasteiger partial charge in [0.2, 0.25) is 0 Å². The number of halogens is 1. The molecular weight excluding hydrogens is 220 g/mol. The number of allylic oxidation sites excluding steroid dienone is 2. The monoisotopic (exact) mass is 232 g/mol. The molecule has 68 valence electrons. The van der Waals surface area contributed by atoms with Gasteiger partial charge in [0.25, 0.3) is 0 Å². The Balaban J connectivity index is 2.20. The third-order valence-corrected chi connectivity index (χ3v) is 2.06. The van der Waals surface area contributed by atoms with Crippen LogP contribution in [0, 0.1) is 5.92 Å². The molecule has 1 atom stereocenters. The number of carbonyl (C=O) groups is 1. The van der Waals surface area contributed by atoms with Gasteiger partial charge in [-0.3, -0.25) is 4.79 Å². The second-order valence-corrected chi connectivity index (χ2v) is 4.61. The van der Waals surface area contributed by atoms with Crippen molar-refractivity contribution in [1.29, 1.82) is 0 Å². The number of hydrogen-bond acceptors (Lipinski definition) is 2. The van der Waals surface area contributed by atoms with Gasteiger partial charge in [-0.25, -0.2) is 0 Å². The molecule has 2 nitrogen and oxygen atoms in total. The van der Waals surface area contributed by atoms with E-state index in [1.807, 2.05) is 19.1 Å². The Bertz CT molecular complexity index is 179. The number of rotatable bonds is 3. The summed E-state index contributed by atoms with van der Waals surface area (Å²) in [4.78, 5) is 11.5. The third kappa shape index (κ3) is 2.97. The van der Waals surface area contributed by atoms with E-state index in [1.54, 1.807) is 0 Å². The molecule has 1 aliphatic rings. The van der Waals surface area contributed by atoms with Crippen LogP contribution in [-0.2, 0) is 9.53 Å². The van der Waals surface area contributed by atoms with E-state index in [-0.39, 0.29) is 16.7 Å². The molecule has 0 heterocycles. The fraction of sp³-hybridized carbons (Fsp3) is 0.667. The van der Waals surface area contributed by atoms with E-state index in [0.29, 0.717) is 6.61 Å². The number of carbonyl (C=O) groups excluding carboxylic acids is 1. The topological polar surface area (TPSA) is 26.3 Å². The fourth-order valence-electron chi connectivity index (χ4n) is 1.12. The number of ether oxygens (including phenoxy) is 1.